The molecule has 4 nitrogen and oxygen atoms in total. The Labute approximate surface area is 550 Å². The van der Waals surface area contributed by atoms with E-state index in [0.29, 0.717) is 0 Å². The van der Waals surface area contributed by atoms with Gasteiger partial charge in [-0.05, 0) is 144 Å². The number of carbonyl (C=O) groups excluding carboxylic acids is 2. The summed E-state index contributed by atoms with van der Waals surface area (Å²) in [4.78, 5) is 37.1. The van der Waals surface area contributed by atoms with E-state index in [1.165, 1.54) is 0 Å². The smallest absolute Gasteiger partial charge is 0.193 e. The van der Waals surface area contributed by atoms with E-state index in [2.05, 4.69) is 282 Å². The molecule has 2 aliphatic carbocycles. The van der Waals surface area contributed by atoms with Crippen LogP contribution in [0.4, 0.5) is 0 Å². The molecule has 0 saturated carbocycles. The molecule has 0 bridgehead atoms. The summed E-state index contributed by atoms with van der Waals surface area (Å²) in [6, 6.07) is 114. The molecule has 2 aromatic heterocycles. The third-order valence-electron chi connectivity index (χ3n) is 19.0. The van der Waals surface area contributed by atoms with Crippen molar-refractivity contribution in [1.29, 1.82) is 0 Å². The number of aromatic nitrogens is 2. The van der Waals surface area contributed by atoms with Crippen molar-refractivity contribution in [2.75, 3.05) is 0 Å². The van der Waals surface area contributed by atoms with Gasteiger partial charge in [0, 0.05) is 55.3 Å². The van der Waals surface area contributed by atoms with Crippen molar-refractivity contribution < 1.29 is 9.59 Å². The van der Waals surface area contributed by atoms with E-state index in [1.54, 1.807) is 0 Å². The van der Waals surface area contributed by atoms with E-state index in [0.717, 1.165) is 156 Å². The number of carbonyl (C=O) groups is 2. The van der Waals surface area contributed by atoms with Gasteiger partial charge in [0.25, 0.3) is 0 Å². The van der Waals surface area contributed by atoms with Crippen LogP contribution in [0.3, 0.4) is 0 Å². The Balaban J connectivity index is 0.000000155. The van der Waals surface area contributed by atoms with Crippen LogP contribution in [0.2, 0.25) is 0 Å². The Hall–Kier alpha value is -11.7. The zero-order valence-corrected chi connectivity index (χ0v) is 52.9. The predicted octanol–water partition coefficient (Wildman–Crippen LogP) is 22.6. The topological polar surface area (TPSA) is 59.9 Å². The number of nitrogens with zero attached hydrogens (tertiary/aromatic N) is 2. The molecule has 0 unspecified atom stereocenters. The largest absolute Gasteiger partial charge is 0.289 e. The molecule has 0 spiro atoms. The van der Waals surface area contributed by atoms with Crippen LogP contribution in [0.15, 0.2) is 328 Å². The van der Waals surface area contributed by atoms with Crippen LogP contribution < -0.4 is 0 Å². The van der Waals surface area contributed by atoms with E-state index in [1.807, 2.05) is 72.8 Å². The Morgan fingerprint density at radius 3 is 0.819 bits per heavy atom. The number of hydrogen-bond donors (Lipinski definition) is 0. The minimum Gasteiger partial charge on any atom is -0.289 e. The lowest BCUT2D eigenvalue weighted by molar-refractivity contribution is 0.102. The first-order chi connectivity index (χ1) is 45.9. The van der Waals surface area contributed by atoms with Crippen LogP contribution in [0.5, 0.6) is 0 Å². The number of benzene rings is 12. The highest BCUT2D eigenvalue weighted by molar-refractivity contribution is 6.14. The first kappa shape index (κ1) is 58.6. The molecule has 4 heteroatoms. The average molecular weight is 1210 g/mol. The normalized spacial score (nSPS) is 13.1. The van der Waals surface area contributed by atoms with E-state index in [-0.39, 0.29) is 22.4 Å². The van der Waals surface area contributed by atoms with Crippen molar-refractivity contribution in [1.82, 2.24) is 9.97 Å². The molecule has 94 heavy (non-hydrogen) atoms. The summed E-state index contributed by atoms with van der Waals surface area (Å²) in [5.41, 5.74) is 28.6. The van der Waals surface area contributed by atoms with E-state index in [9.17, 15) is 9.59 Å². The number of fused-ring (bicyclic) bond motifs is 4. The molecule has 0 aliphatic heterocycles. The molecule has 0 radical (unpaired) electrons. The van der Waals surface area contributed by atoms with Crippen LogP contribution in [0, 0.1) is 0 Å². The Morgan fingerprint density at radius 1 is 0.191 bits per heavy atom. The molecule has 0 fully saturated rings. The lowest BCUT2D eigenvalue weighted by Gasteiger charge is -2.34. The van der Waals surface area contributed by atoms with Crippen LogP contribution in [0.25, 0.3) is 112 Å². The van der Waals surface area contributed by atoms with Gasteiger partial charge in [0.05, 0.1) is 22.8 Å². The Morgan fingerprint density at radius 2 is 0.447 bits per heavy atom. The summed E-state index contributed by atoms with van der Waals surface area (Å²) in [6.45, 7) is 8.87. The van der Waals surface area contributed by atoms with Crippen molar-refractivity contribution >= 4 is 11.6 Å². The third kappa shape index (κ3) is 11.1. The minimum absolute atomic E-state index is 0.103. The van der Waals surface area contributed by atoms with E-state index < -0.39 is 0 Å². The minimum atomic E-state index is -0.283. The lowest BCUT2D eigenvalue weighted by atomic mass is 9.68. The highest BCUT2D eigenvalue weighted by Gasteiger charge is 2.38. The van der Waals surface area contributed by atoms with Gasteiger partial charge in [-0.1, -0.05) is 301 Å². The van der Waals surface area contributed by atoms with Crippen LogP contribution >= 0.6 is 0 Å². The molecule has 2 heterocycles. The number of pyridine rings is 2. The Bertz CT molecular complexity index is 5110. The fraction of sp³-hybridized carbons (Fsp3) is 0.0667. The number of rotatable bonds is 10. The quantitative estimate of drug-likeness (QED) is 0.137. The van der Waals surface area contributed by atoms with E-state index in [4.69, 9.17) is 9.97 Å². The highest BCUT2D eigenvalue weighted by Crippen LogP contribution is 2.46. The standard InChI is InChI=1S/2C45H33NO/c1-45(2)40-22-10-9-21-38(40)44(47)39-24-23-36(27-41(39)45)34-19-11-17-32(25-34)33-18-12-20-35(26-33)37-28-42(30-13-5-3-6-14-30)46-43(29-37)31-15-7-4-8-16-31;1-45(2)40-23-12-11-22-38(40)44(47)39-25-24-33(27-41(39)45)32-18-13-19-34(26-32)36-20-9-10-21-37(36)35-28-42(30-14-5-3-6-15-30)46-43(29-35)31-16-7-4-8-17-31/h2*3-29H,1-2H3. The summed E-state index contributed by atoms with van der Waals surface area (Å²) in [5.74, 6) is 0.209. The van der Waals surface area contributed by atoms with Gasteiger partial charge < -0.3 is 0 Å². The summed E-state index contributed by atoms with van der Waals surface area (Å²) >= 11 is 0. The van der Waals surface area contributed by atoms with Gasteiger partial charge in [-0.3, -0.25) is 9.59 Å². The van der Waals surface area contributed by atoms with Crippen molar-refractivity contribution in [2.24, 2.45) is 0 Å². The van der Waals surface area contributed by atoms with Gasteiger partial charge in [-0.2, -0.15) is 0 Å². The summed E-state index contributed by atoms with van der Waals surface area (Å²) in [6.07, 6.45) is 0. The second kappa shape index (κ2) is 24.5. The average Bonchev–Trinajstić information content (AvgIpc) is 0.742. The second-order valence-electron chi connectivity index (χ2n) is 25.5. The fourth-order valence-electron chi connectivity index (χ4n) is 13.9. The van der Waals surface area contributed by atoms with Crippen molar-refractivity contribution in [3.8, 4) is 112 Å². The fourth-order valence-corrected chi connectivity index (χ4v) is 13.9. The zero-order valence-electron chi connectivity index (χ0n) is 52.9. The molecule has 16 rings (SSSR count). The van der Waals surface area contributed by atoms with Gasteiger partial charge >= 0.3 is 0 Å². The molecule has 14 aromatic rings. The zero-order chi connectivity index (χ0) is 63.9. The summed E-state index contributed by atoms with van der Waals surface area (Å²) in [5, 5.41) is 0. The molecule has 0 saturated heterocycles. The maximum absolute atomic E-state index is 13.5. The van der Waals surface area contributed by atoms with Crippen molar-refractivity contribution in [3.63, 3.8) is 0 Å². The first-order valence-corrected chi connectivity index (χ1v) is 32.2. The highest BCUT2D eigenvalue weighted by atomic mass is 16.1. The number of ketones is 2. The first-order valence-electron chi connectivity index (χ1n) is 32.2. The molecule has 0 N–H and O–H groups in total. The molecule has 12 aromatic carbocycles. The maximum atomic E-state index is 13.5. The SMILES string of the molecule is CC1(C)c2ccccc2C(=O)c2ccc(-c3cccc(-c4cccc(-c5cc(-c6ccccc6)nc(-c6ccccc6)c5)c4)c3)cc21.CC1(C)c2ccccc2C(=O)c2ccc(-c3cccc(-c4ccccc4-c4cc(-c5ccccc5)nc(-c5ccccc5)c4)c3)cc21. The molecule has 448 valence electrons. The van der Waals surface area contributed by atoms with Gasteiger partial charge in [0.2, 0.25) is 0 Å². The van der Waals surface area contributed by atoms with Crippen LogP contribution in [-0.4, -0.2) is 21.5 Å². The monoisotopic (exact) mass is 1210 g/mol. The summed E-state index contributed by atoms with van der Waals surface area (Å²) < 4.78 is 0. The van der Waals surface area contributed by atoms with Crippen LogP contribution in [0.1, 0.15) is 81.8 Å². The summed E-state index contributed by atoms with van der Waals surface area (Å²) in [7, 11) is 0. The maximum Gasteiger partial charge on any atom is 0.193 e. The molecule has 0 atom stereocenters. The van der Waals surface area contributed by atoms with Crippen molar-refractivity contribution in [3.05, 3.63) is 372 Å². The molecule has 2 aliphatic rings. The third-order valence-corrected chi connectivity index (χ3v) is 19.0. The van der Waals surface area contributed by atoms with Crippen molar-refractivity contribution in [2.45, 2.75) is 38.5 Å². The second-order valence-corrected chi connectivity index (χ2v) is 25.5. The lowest BCUT2D eigenvalue weighted by Crippen LogP contribution is -2.30. The number of hydrogen-bond acceptors (Lipinski definition) is 4. The molecular formula is C90H66N2O2. The van der Waals surface area contributed by atoms with Gasteiger partial charge in [0.15, 0.2) is 11.6 Å². The van der Waals surface area contributed by atoms with Gasteiger partial charge in [0.1, 0.15) is 0 Å². The Kier molecular flexibility index (Phi) is 15.3. The molecule has 0 amide bonds. The van der Waals surface area contributed by atoms with Gasteiger partial charge in [-0.25, -0.2) is 9.97 Å². The van der Waals surface area contributed by atoms with E-state index >= 15 is 0 Å². The molecular weight excluding hydrogens is 1140 g/mol. The van der Waals surface area contributed by atoms with Crippen LogP contribution in [-0.2, 0) is 10.8 Å². The predicted molar refractivity (Wildman–Crippen MR) is 387 cm³/mol. The van der Waals surface area contributed by atoms with Gasteiger partial charge in [-0.15, -0.1) is 0 Å².